The van der Waals surface area contributed by atoms with E-state index in [4.69, 9.17) is 0 Å². The van der Waals surface area contributed by atoms with E-state index in [9.17, 15) is 5.26 Å². The molecule has 0 aromatic heterocycles. The summed E-state index contributed by atoms with van der Waals surface area (Å²) in [6.07, 6.45) is 2.32. The van der Waals surface area contributed by atoms with Crippen molar-refractivity contribution in [3.8, 4) is 6.07 Å². The Balaban J connectivity index is 2.13. The molecule has 0 bridgehead atoms. The maximum Gasteiger partial charge on any atom is 0.125 e. The first kappa shape index (κ1) is 10.5. The molecule has 1 aliphatic carbocycles. The summed E-state index contributed by atoms with van der Waals surface area (Å²) in [4.78, 5) is 0. The summed E-state index contributed by atoms with van der Waals surface area (Å²) in [5, 5.41) is 12.5. The molecule has 2 nitrogen and oxygen atoms in total. The highest BCUT2D eigenvalue weighted by atomic mass is 79.9. The van der Waals surface area contributed by atoms with E-state index < -0.39 is 5.54 Å². The van der Waals surface area contributed by atoms with Gasteiger partial charge < -0.3 is 5.32 Å². The Bertz CT molecular complexity index is 389. The minimum Gasteiger partial charge on any atom is -0.367 e. The second kappa shape index (κ2) is 3.86. The molecular weight excluding hydrogens is 252 g/mol. The fraction of sp³-hybridized carbons (Fsp3) is 0.417. The summed E-state index contributed by atoms with van der Waals surface area (Å²) in [6.45, 7) is 1.98. The van der Waals surface area contributed by atoms with Crippen LogP contribution in [-0.4, -0.2) is 5.54 Å². The number of nitriles is 1. The van der Waals surface area contributed by atoms with Crippen LogP contribution in [0.15, 0.2) is 28.7 Å². The normalized spacial score (nSPS) is 19.0. The van der Waals surface area contributed by atoms with E-state index >= 15 is 0 Å². The van der Waals surface area contributed by atoms with Crippen molar-refractivity contribution in [3.05, 3.63) is 28.7 Å². The summed E-state index contributed by atoms with van der Waals surface area (Å²) in [7, 11) is 0. The Morgan fingerprint density at radius 1 is 1.40 bits per heavy atom. The van der Waals surface area contributed by atoms with Crippen molar-refractivity contribution in [3.63, 3.8) is 0 Å². The van der Waals surface area contributed by atoms with Gasteiger partial charge in [0.15, 0.2) is 0 Å². The van der Waals surface area contributed by atoms with Gasteiger partial charge in [0.05, 0.1) is 6.07 Å². The molecule has 0 saturated heterocycles. The molecule has 1 atom stereocenters. The third kappa shape index (κ3) is 2.32. The van der Waals surface area contributed by atoms with E-state index in [0.29, 0.717) is 5.92 Å². The summed E-state index contributed by atoms with van der Waals surface area (Å²) in [5.41, 5.74) is 0.600. The van der Waals surface area contributed by atoms with Crippen molar-refractivity contribution in [1.29, 1.82) is 5.26 Å². The van der Waals surface area contributed by atoms with Gasteiger partial charge in [-0.2, -0.15) is 5.26 Å². The van der Waals surface area contributed by atoms with Crippen molar-refractivity contribution in [2.24, 2.45) is 5.92 Å². The fourth-order valence-corrected chi connectivity index (χ4v) is 1.98. The van der Waals surface area contributed by atoms with E-state index in [2.05, 4.69) is 27.3 Å². The summed E-state index contributed by atoms with van der Waals surface area (Å²) in [6, 6.07) is 10.3. The van der Waals surface area contributed by atoms with Crippen LogP contribution in [-0.2, 0) is 0 Å². The highest BCUT2D eigenvalue weighted by Gasteiger charge is 2.41. The summed E-state index contributed by atoms with van der Waals surface area (Å²) in [5.74, 6) is 0.506. The molecule has 0 aliphatic heterocycles. The highest BCUT2D eigenvalue weighted by Crippen LogP contribution is 2.41. The van der Waals surface area contributed by atoms with Gasteiger partial charge in [0.2, 0.25) is 0 Å². The molecular formula is C12H13BrN2. The lowest BCUT2D eigenvalue weighted by Crippen LogP contribution is -2.35. The van der Waals surface area contributed by atoms with E-state index in [1.54, 1.807) is 0 Å². The van der Waals surface area contributed by atoms with E-state index in [1.807, 2.05) is 31.2 Å². The predicted octanol–water partition coefficient (Wildman–Crippen LogP) is 3.55. The van der Waals surface area contributed by atoms with Crippen LogP contribution >= 0.6 is 15.9 Å². The van der Waals surface area contributed by atoms with Gasteiger partial charge in [0.25, 0.3) is 0 Å². The van der Waals surface area contributed by atoms with Crippen LogP contribution in [0.2, 0.25) is 0 Å². The van der Waals surface area contributed by atoms with Crippen LogP contribution in [0, 0.1) is 17.2 Å². The first-order chi connectivity index (χ1) is 7.14. The molecule has 1 aromatic rings. The zero-order valence-electron chi connectivity index (χ0n) is 8.63. The van der Waals surface area contributed by atoms with Gasteiger partial charge in [0.1, 0.15) is 5.54 Å². The van der Waals surface area contributed by atoms with Gasteiger partial charge in [0, 0.05) is 10.2 Å². The number of hydrogen-bond donors (Lipinski definition) is 1. The monoisotopic (exact) mass is 264 g/mol. The van der Waals surface area contributed by atoms with Crippen LogP contribution < -0.4 is 5.32 Å². The van der Waals surface area contributed by atoms with Gasteiger partial charge in [-0.3, -0.25) is 0 Å². The molecule has 15 heavy (non-hydrogen) atoms. The van der Waals surface area contributed by atoms with E-state index in [1.165, 1.54) is 0 Å². The Hall–Kier alpha value is -1.01. The minimum absolute atomic E-state index is 0.409. The van der Waals surface area contributed by atoms with E-state index in [-0.39, 0.29) is 0 Å². The van der Waals surface area contributed by atoms with Gasteiger partial charge in [-0.25, -0.2) is 0 Å². The fourth-order valence-electron chi connectivity index (χ4n) is 1.72. The quantitative estimate of drug-likeness (QED) is 0.907. The SMILES string of the molecule is CC(C#N)(Nc1ccc(Br)cc1)C1CC1. The molecule has 0 amide bonds. The highest BCUT2D eigenvalue weighted by molar-refractivity contribution is 9.10. The Labute approximate surface area is 98.4 Å². The molecule has 0 spiro atoms. The number of anilines is 1. The summed E-state index contributed by atoms with van der Waals surface area (Å²) >= 11 is 3.39. The molecule has 3 heteroatoms. The van der Waals surface area contributed by atoms with Gasteiger partial charge in [-0.15, -0.1) is 0 Å². The van der Waals surface area contributed by atoms with E-state index in [0.717, 1.165) is 23.0 Å². The second-order valence-corrected chi connectivity index (χ2v) is 5.14. The van der Waals surface area contributed by atoms with Crippen molar-refractivity contribution in [2.75, 3.05) is 5.32 Å². The van der Waals surface area contributed by atoms with Crippen LogP contribution in [0.25, 0.3) is 0 Å². The first-order valence-corrected chi connectivity index (χ1v) is 5.88. The van der Waals surface area contributed by atoms with Gasteiger partial charge >= 0.3 is 0 Å². The number of nitrogens with zero attached hydrogens (tertiary/aromatic N) is 1. The van der Waals surface area contributed by atoms with Crippen molar-refractivity contribution >= 4 is 21.6 Å². The molecule has 0 heterocycles. The number of rotatable bonds is 3. The van der Waals surface area contributed by atoms with Crippen molar-refractivity contribution in [2.45, 2.75) is 25.3 Å². The predicted molar refractivity (Wildman–Crippen MR) is 64.5 cm³/mol. The number of halogens is 1. The second-order valence-electron chi connectivity index (χ2n) is 4.22. The van der Waals surface area contributed by atoms with Gasteiger partial charge in [-0.05, 0) is 49.9 Å². The standard InChI is InChI=1S/C12H13BrN2/c1-12(8-14,9-2-3-9)15-11-6-4-10(13)5-7-11/h4-7,9,15H,2-3H2,1H3. The number of nitrogens with one attached hydrogen (secondary N) is 1. The molecule has 1 aromatic carbocycles. The zero-order chi connectivity index (χ0) is 10.9. The molecule has 1 aliphatic rings. The zero-order valence-corrected chi connectivity index (χ0v) is 10.2. The number of benzene rings is 1. The Morgan fingerprint density at radius 2 is 2.00 bits per heavy atom. The average molecular weight is 265 g/mol. The van der Waals surface area contributed by atoms with Crippen LogP contribution in [0.3, 0.4) is 0 Å². The van der Waals surface area contributed by atoms with Gasteiger partial charge in [-0.1, -0.05) is 15.9 Å². The topological polar surface area (TPSA) is 35.8 Å². The maximum atomic E-state index is 9.19. The smallest absolute Gasteiger partial charge is 0.125 e. The molecule has 78 valence electrons. The third-order valence-corrected chi connectivity index (χ3v) is 3.40. The number of hydrogen-bond acceptors (Lipinski definition) is 2. The lowest BCUT2D eigenvalue weighted by Gasteiger charge is -2.24. The van der Waals surface area contributed by atoms with Crippen LogP contribution in [0.5, 0.6) is 0 Å². The Morgan fingerprint density at radius 3 is 2.47 bits per heavy atom. The van der Waals surface area contributed by atoms with Crippen LogP contribution in [0.4, 0.5) is 5.69 Å². The Kier molecular flexibility index (Phi) is 2.70. The molecule has 0 radical (unpaired) electrons. The van der Waals surface area contributed by atoms with Crippen LogP contribution in [0.1, 0.15) is 19.8 Å². The third-order valence-electron chi connectivity index (χ3n) is 2.87. The molecule has 1 saturated carbocycles. The van der Waals surface area contributed by atoms with Crippen molar-refractivity contribution in [1.82, 2.24) is 0 Å². The molecule has 1 unspecified atom stereocenters. The van der Waals surface area contributed by atoms with Crippen molar-refractivity contribution < 1.29 is 0 Å². The lowest BCUT2D eigenvalue weighted by molar-refractivity contribution is 0.567. The summed E-state index contributed by atoms with van der Waals surface area (Å²) < 4.78 is 1.05. The molecule has 2 rings (SSSR count). The minimum atomic E-state index is -0.409. The largest absolute Gasteiger partial charge is 0.367 e. The average Bonchev–Trinajstić information content (AvgIpc) is 3.05. The molecule has 1 fully saturated rings. The lowest BCUT2D eigenvalue weighted by atomic mass is 9.97. The first-order valence-electron chi connectivity index (χ1n) is 5.09. The maximum absolute atomic E-state index is 9.19. The molecule has 1 N–H and O–H groups in total.